The molecule has 1 aliphatic rings. The smallest absolute Gasteiger partial charge is 0.218 e. The molecule has 0 aliphatic carbocycles. The zero-order chi connectivity index (χ0) is 5.28. The number of nitrogens with one attached hydrogen (secondary N) is 1. The van der Waals surface area contributed by atoms with E-state index in [1.54, 1.807) is 0 Å². The third-order valence-electron chi connectivity index (χ3n) is 0.497. The van der Waals surface area contributed by atoms with E-state index in [1.807, 2.05) is 0 Å². The molecule has 0 amide bonds. The van der Waals surface area contributed by atoms with Crippen molar-refractivity contribution >= 4 is 28.0 Å². The second-order valence-electron chi connectivity index (χ2n) is 1.05. The Morgan fingerprint density at radius 2 is 2.57 bits per heavy atom. The zero-order valence-electron chi connectivity index (χ0n) is 3.34. The van der Waals surface area contributed by atoms with Crippen molar-refractivity contribution in [1.29, 1.82) is 0 Å². The fraction of sp³-hybridized carbons (Fsp3) is 0.500. The fourth-order valence-electron chi connectivity index (χ4n) is 0.259. The lowest BCUT2D eigenvalue weighted by atomic mass is 10.9. The number of hydrogen-bond donors (Lipinski definition) is 1. The monoisotopic (exact) mass is 137 g/mol. The second kappa shape index (κ2) is 1.94. The average molecular weight is 137 g/mol. The minimum atomic E-state index is -1.09. The van der Waals surface area contributed by atoms with Crippen LogP contribution in [0.2, 0.25) is 0 Å². The minimum Gasteiger partial charge on any atom is -0.285 e. The summed E-state index contributed by atoms with van der Waals surface area (Å²) in [5.41, 5.74) is 0. The van der Waals surface area contributed by atoms with Gasteiger partial charge in [0.15, 0.2) is 0 Å². The van der Waals surface area contributed by atoms with E-state index >= 15 is 0 Å². The molecule has 1 saturated heterocycles. The molecule has 1 heterocycles. The third kappa shape index (κ3) is 1.25. The maximum Gasteiger partial charge on any atom is 0.218 e. The van der Waals surface area contributed by atoms with Gasteiger partial charge in [0, 0.05) is 11.9 Å². The van der Waals surface area contributed by atoms with Crippen LogP contribution in [0.1, 0.15) is 0 Å². The molecule has 0 radical (unpaired) electrons. The van der Waals surface area contributed by atoms with Crippen LogP contribution in [0.5, 0.6) is 0 Å². The summed E-state index contributed by atoms with van der Waals surface area (Å²) in [4.78, 5) is 10.2. The first-order valence-electron chi connectivity index (χ1n) is 1.63. The molecule has 5 heteroatoms. The molecular formula is C2H3NO2S2. The highest BCUT2D eigenvalue weighted by Crippen LogP contribution is 2.05. The van der Waals surface area contributed by atoms with Crippen LogP contribution in [0.3, 0.4) is 0 Å². The largest absolute Gasteiger partial charge is 0.285 e. The van der Waals surface area contributed by atoms with E-state index in [2.05, 4.69) is 4.13 Å². The van der Waals surface area contributed by atoms with Gasteiger partial charge in [-0.1, -0.05) is 0 Å². The molecule has 0 spiro atoms. The van der Waals surface area contributed by atoms with Crippen molar-refractivity contribution in [3.63, 3.8) is 0 Å². The topological polar surface area (TPSA) is 46.2 Å². The maximum absolute atomic E-state index is 10.2. The van der Waals surface area contributed by atoms with E-state index in [9.17, 15) is 9.00 Å². The first-order valence-corrected chi connectivity index (χ1v) is 3.76. The van der Waals surface area contributed by atoms with Gasteiger partial charge in [-0.3, -0.25) is 4.79 Å². The van der Waals surface area contributed by atoms with Gasteiger partial charge in [0.1, 0.15) is 16.7 Å². The molecule has 1 unspecified atom stereocenters. The summed E-state index contributed by atoms with van der Waals surface area (Å²) < 4.78 is 12.6. The van der Waals surface area contributed by atoms with Gasteiger partial charge in [-0.05, 0) is 0 Å². The van der Waals surface area contributed by atoms with Gasteiger partial charge in [0.2, 0.25) is 5.12 Å². The second-order valence-corrected chi connectivity index (χ2v) is 3.35. The SMILES string of the molecule is O=C1CS(=O)NS1. The Balaban J connectivity index is 2.55. The van der Waals surface area contributed by atoms with Gasteiger partial charge < -0.3 is 0 Å². The lowest BCUT2D eigenvalue weighted by Crippen LogP contribution is -2.00. The Morgan fingerprint density at radius 1 is 1.86 bits per heavy atom. The van der Waals surface area contributed by atoms with E-state index in [0.717, 1.165) is 11.9 Å². The number of carbonyl (C=O) groups is 1. The number of carbonyl (C=O) groups excluding carboxylic acids is 1. The van der Waals surface area contributed by atoms with Crippen LogP contribution in [0.4, 0.5) is 0 Å². The van der Waals surface area contributed by atoms with Crippen molar-refractivity contribution in [2.24, 2.45) is 0 Å². The van der Waals surface area contributed by atoms with Gasteiger partial charge in [-0.2, -0.15) is 4.13 Å². The van der Waals surface area contributed by atoms with Crippen molar-refractivity contribution in [2.45, 2.75) is 0 Å². The van der Waals surface area contributed by atoms with Gasteiger partial charge in [-0.25, -0.2) is 4.21 Å². The standard InChI is InChI=1S/C2H3NO2S2/c4-2-1-7(5)3-6-2/h3H,1H2. The average Bonchev–Trinajstić information content (AvgIpc) is 1.87. The Labute approximate surface area is 47.6 Å². The predicted octanol–water partition coefficient (Wildman–Crippen LogP) is -0.572. The summed E-state index contributed by atoms with van der Waals surface area (Å²) in [7, 11) is -1.09. The van der Waals surface area contributed by atoms with Crippen LogP contribution in [0.25, 0.3) is 0 Å². The van der Waals surface area contributed by atoms with E-state index < -0.39 is 11.0 Å². The Bertz CT molecular complexity index is 109. The van der Waals surface area contributed by atoms with Crippen LogP contribution < -0.4 is 4.13 Å². The molecule has 0 aromatic heterocycles. The molecule has 1 aliphatic heterocycles. The quantitative estimate of drug-likeness (QED) is 0.455. The summed E-state index contributed by atoms with van der Waals surface area (Å²) in [5, 5.41) is -0.0432. The fourth-order valence-corrected chi connectivity index (χ4v) is 2.01. The Hall–Kier alpha value is 0.130. The molecule has 0 saturated carbocycles. The highest BCUT2D eigenvalue weighted by atomic mass is 32.2. The maximum atomic E-state index is 10.2. The molecule has 1 rings (SSSR count). The number of hydrogen-bond acceptors (Lipinski definition) is 3. The van der Waals surface area contributed by atoms with E-state index in [4.69, 9.17) is 0 Å². The molecule has 1 N–H and O–H groups in total. The summed E-state index contributed by atoms with van der Waals surface area (Å²) in [6.45, 7) is 0. The van der Waals surface area contributed by atoms with Gasteiger partial charge in [0.25, 0.3) is 0 Å². The third-order valence-corrected chi connectivity index (χ3v) is 2.65. The first kappa shape index (κ1) is 5.27. The Kier molecular flexibility index (Phi) is 1.46. The highest BCUT2D eigenvalue weighted by molar-refractivity contribution is 8.22. The lowest BCUT2D eigenvalue weighted by Gasteiger charge is -1.75. The van der Waals surface area contributed by atoms with E-state index in [0.29, 0.717) is 0 Å². The normalized spacial score (nSPS) is 31.4. The predicted molar refractivity (Wildman–Crippen MR) is 28.7 cm³/mol. The number of rotatable bonds is 0. The van der Waals surface area contributed by atoms with Crippen LogP contribution in [0, 0.1) is 0 Å². The van der Waals surface area contributed by atoms with Crippen LogP contribution >= 0.6 is 11.9 Å². The van der Waals surface area contributed by atoms with Gasteiger partial charge in [0.05, 0.1) is 0 Å². The van der Waals surface area contributed by atoms with Crippen LogP contribution in [-0.4, -0.2) is 15.1 Å². The highest BCUT2D eigenvalue weighted by Gasteiger charge is 2.16. The van der Waals surface area contributed by atoms with E-state index in [-0.39, 0.29) is 10.9 Å². The molecule has 0 aromatic rings. The summed E-state index contributed by atoms with van der Waals surface area (Å²) >= 11 is 0.916. The lowest BCUT2D eigenvalue weighted by molar-refractivity contribution is -0.108. The van der Waals surface area contributed by atoms with Crippen LogP contribution in [-0.2, 0) is 15.8 Å². The van der Waals surface area contributed by atoms with Crippen molar-refractivity contribution in [3.8, 4) is 0 Å². The van der Waals surface area contributed by atoms with E-state index in [1.165, 1.54) is 0 Å². The van der Waals surface area contributed by atoms with Gasteiger partial charge >= 0.3 is 0 Å². The molecule has 1 fully saturated rings. The summed E-state index contributed by atoms with van der Waals surface area (Å²) in [6.07, 6.45) is 0. The molecule has 0 bridgehead atoms. The van der Waals surface area contributed by atoms with Crippen LogP contribution in [0.15, 0.2) is 0 Å². The minimum absolute atomic E-state index is 0.0432. The molecule has 1 atom stereocenters. The molecule has 40 valence electrons. The van der Waals surface area contributed by atoms with Crippen molar-refractivity contribution in [3.05, 3.63) is 0 Å². The molecule has 3 nitrogen and oxygen atoms in total. The van der Waals surface area contributed by atoms with Crippen molar-refractivity contribution < 1.29 is 9.00 Å². The van der Waals surface area contributed by atoms with Crippen molar-refractivity contribution in [2.75, 3.05) is 5.75 Å². The molecular weight excluding hydrogens is 134 g/mol. The molecule has 7 heavy (non-hydrogen) atoms. The Morgan fingerprint density at radius 3 is 2.71 bits per heavy atom. The molecule has 0 aromatic carbocycles. The zero-order valence-corrected chi connectivity index (χ0v) is 4.97. The van der Waals surface area contributed by atoms with Crippen molar-refractivity contribution in [1.82, 2.24) is 4.13 Å². The van der Waals surface area contributed by atoms with Gasteiger partial charge in [-0.15, -0.1) is 0 Å². The summed E-state index contributed by atoms with van der Waals surface area (Å²) in [6, 6.07) is 0. The first-order chi connectivity index (χ1) is 3.29. The summed E-state index contributed by atoms with van der Waals surface area (Å²) in [5.74, 6) is 0.157.